The van der Waals surface area contributed by atoms with E-state index in [1.165, 1.54) is 30.0 Å². The van der Waals surface area contributed by atoms with Gasteiger partial charge in [0.25, 0.3) is 0 Å². The normalized spacial score (nSPS) is 13.7. The summed E-state index contributed by atoms with van der Waals surface area (Å²) in [5, 5.41) is 12.7. The van der Waals surface area contributed by atoms with Crippen molar-refractivity contribution in [2.45, 2.75) is 5.75 Å². The van der Waals surface area contributed by atoms with E-state index in [0.29, 0.717) is 11.6 Å². The van der Waals surface area contributed by atoms with E-state index in [-0.39, 0.29) is 34.1 Å². The van der Waals surface area contributed by atoms with Crippen molar-refractivity contribution in [3.05, 3.63) is 65.3 Å². The minimum absolute atomic E-state index is 0.0635. The van der Waals surface area contributed by atoms with Crippen molar-refractivity contribution in [3.63, 3.8) is 0 Å². The molecule has 0 spiro atoms. The summed E-state index contributed by atoms with van der Waals surface area (Å²) >= 11 is 1.52. The van der Waals surface area contributed by atoms with Gasteiger partial charge in [-0.05, 0) is 18.2 Å². The van der Waals surface area contributed by atoms with Crippen LogP contribution in [0.5, 0.6) is 5.75 Å². The van der Waals surface area contributed by atoms with Crippen LogP contribution < -0.4 is 5.32 Å². The van der Waals surface area contributed by atoms with E-state index in [1.54, 1.807) is 12.3 Å². The van der Waals surface area contributed by atoms with Crippen molar-refractivity contribution < 1.29 is 19.1 Å². The Bertz CT molecular complexity index is 750. The first-order valence-corrected chi connectivity index (χ1v) is 7.79. The Morgan fingerprint density at radius 1 is 1.18 bits per heavy atom. The second-order valence-electron chi connectivity index (χ2n) is 4.70. The number of hydrogen-bond acceptors (Lipinski definition) is 6. The molecule has 0 aliphatic heterocycles. The van der Waals surface area contributed by atoms with Crippen LogP contribution in [0.25, 0.3) is 0 Å². The number of carbonyl (C=O) groups excluding carboxylic acids is 2. The fourth-order valence-electron chi connectivity index (χ4n) is 2.20. The first kappa shape index (κ1) is 14.5. The maximum Gasteiger partial charge on any atom is 0.213 e. The summed E-state index contributed by atoms with van der Waals surface area (Å²) < 4.78 is 5.21. The molecule has 0 amide bonds. The van der Waals surface area contributed by atoms with Crippen molar-refractivity contribution >= 4 is 23.3 Å². The lowest BCUT2D eigenvalue weighted by Gasteiger charge is -2.17. The Kier molecular flexibility index (Phi) is 4.02. The van der Waals surface area contributed by atoms with Gasteiger partial charge < -0.3 is 14.8 Å². The highest BCUT2D eigenvalue weighted by Crippen LogP contribution is 2.28. The third-order valence-corrected chi connectivity index (χ3v) is 4.08. The van der Waals surface area contributed by atoms with E-state index in [9.17, 15) is 14.7 Å². The third-order valence-electron chi connectivity index (χ3n) is 3.24. The van der Waals surface area contributed by atoms with Crippen LogP contribution in [0.4, 0.5) is 0 Å². The first-order chi connectivity index (χ1) is 10.7. The third kappa shape index (κ3) is 2.78. The Labute approximate surface area is 131 Å². The quantitative estimate of drug-likeness (QED) is 0.652. The molecule has 22 heavy (non-hydrogen) atoms. The molecule has 0 atom stereocenters. The molecule has 1 heterocycles. The van der Waals surface area contributed by atoms with Crippen LogP contribution in [0.1, 0.15) is 26.5 Å². The van der Waals surface area contributed by atoms with Gasteiger partial charge in [-0.2, -0.15) is 0 Å². The molecule has 5 nitrogen and oxygen atoms in total. The highest BCUT2D eigenvalue weighted by molar-refractivity contribution is 7.98. The number of rotatable bonds is 5. The lowest BCUT2D eigenvalue weighted by atomic mass is 9.92. The topological polar surface area (TPSA) is 79.5 Å². The molecule has 0 unspecified atom stereocenters. The van der Waals surface area contributed by atoms with E-state index in [0.717, 1.165) is 5.76 Å². The Hall–Kier alpha value is -2.47. The number of thioether (sulfide) groups is 1. The fourth-order valence-corrected chi connectivity index (χ4v) is 2.92. The number of phenols is 1. The molecule has 6 heteroatoms. The molecule has 112 valence electrons. The van der Waals surface area contributed by atoms with Crippen LogP contribution >= 0.6 is 11.8 Å². The summed E-state index contributed by atoms with van der Waals surface area (Å²) in [6, 6.07) is 8.17. The van der Waals surface area contributed by atoms with E-state index >= 15 is 0 Å². The predicted molar refractivity (Wildman–Crippen MR) is 82.9 cm³/mol. The van der Waals surface area contributed by atoms with Crippen molar-refractivity contribution in [1.82, 2.24) is 5.32 Å². The van der Waals surface area contributed by atoms with Gasteiger partial charge in [-0.25, -0.2) is 0 Å². The van der Waals surface area contributed by atoms with Gasteiger partial charge in [0.05, 0.1) is 29.2 Å². The fraction of sp³-hybridized carbons (Fsp3) is 0.125. The summed E-state index contributed by atoms with van der Waals surface area (Å²) in [6.45, 7) is 0. The first-order valence-electron chi connectivity index (χ1n) is 6.63. The highest BCUT2D eigenvalue weighted by Gasteiger charge is 2.27. The largest absolute Gasteiger partial charge is 0.507 e. The van der Waals surface area contributed by atoms with Gasteiger partial charge in [-0.15, -0.1) is 11.8 Å². The molecular weight excluding hydrogens is 302 g/mol. The lowest BCUT2D eigenvalue weighted by Crippen LogP contribution is -2.26. The van der Waals surface area contributed by atoms with Gasteiger partial charge in [0.1, 0.15) is 11.5 Å². The zero-order valence-corrected chi connectivity index (χ0v) is 12.4. The second kappa shape index (κ2) is 6.11. The molecule has 0 saturated heterocycles. The molecule has 0 bridgehead atoms. The van der Waals surface area contributed by atoms with E-state index in [2.05, 4.69) is 5.32 Å². The average Bonchev–Trinajstić information content (AvgIpc) is 3.01. The van der Waals surface area contributed by atoms with Crippen molar-refractivity contribution in [3.8, 4) is 5.75 Å². The zero-order valence-electron chi connectivity index (χ0n) is 11.5. The smallest absolute Gasteiger partial charge is 0.213 e. The maximum atomic E-state index is 12.3. The van der Waals surface area contributed by atoms with Gasteiger partial charge in [0, 0.05) is 11.6 Å². The number of phenolic OH excluding ortho intramolecular Hbond substituents is 1. The number of aromatic hydroxyl groups is 1. The number of ketones is 2. The molecule has 3 rings (SSSR count). The Balaban J connectivity index is 1.66. The summed E-state index contributed by atoms with van der Waals surface area (Å²) in [6.07, 6.45) is 2.88. The minimum Gasteiger partial charge on any atom is -0.507 e. The molecule has 2 N–H and O–H groups in total. The number of benzene rings is 1. The number of carbonyl (C=O) groups is 2. The highest BCUT2D eigenvalue weighted by atomic mass is 32.2. The predicted octanol–water partition coefficient (Wildman–Crippen LogP) is 2.73. The molecule has 0 saturated carbocycles. The van der Waals surface area contributed by atoms with Crippen molar-refractivity contribution in [2.75, 3.05) is 5.88 Å². The van der Waals surface area contributed by atoms with E-state index < -0.39 is 0 Å². The van der Waals surface area contributed by atoms with Crippen molar-refractivity contribution in [1.29, 1.82) is 0 Å². The molecule has 1 aromatic carbocycles. The van der Waals surface area contributed by atoms with Gasteiger partial charge in [-0.1, -0.05) is 12.1 Å². The van der Waals surface area contributed by atoms with Crippen LogP contribution in [0.15, 0.2) is 52.8 Å². The molecule has 1 aliphatic rings. The molecule has 2 aromatic rings. The van der Waals surface area contributed by atoms with E-state index in [1.807, 2.05) is 12.1 Å². The van der Waals surface area contributed by atoms with Crippen LogP contribution in [-0.2, 0) is 5.75 Å². The van der Waals surface area contributed by atoms with Crippen LogP contribution in [-0.4, -0.2) is 22.5 Å². The Morgan fingerprint density at radius 3 is 2.82 bits per heavy atom. The van der Waals surface area contributed by atoms with Crippen LogP contribution in [0.3, 0.4) is 0 Å². The minimum atomic E-state index is -0.369. The van der Waals surface area contributed by atoms with Gasteiger partial charge in [-0.3, -0.25) is 9.59 Å². The van der Waals surface area contributed by atoms with Crippen LogP contribution in [0, 0.1) is 0 Å². The summed E-state index contributed by atoms with van der Waals surface area (Å²) in [7, 11) is 0. The molecule has 0 fully saturated rings. The maximum absolute atomic E-state index is 12.3. The number of furan rings is 1. The van der Waals surface area contributed by atoms with Crippen LogP contribution in [0.2, 0.25) is 0 Å². The summed E-state index contributed by atoms with van der Waals surface area (Å²) in [4.78, 5) is 24.3. The standard InChI is InChI=1S/C16H13NO4S/c18-13-5-1-4-11-14(19)7-12(16(20)15(11)13)17-9-22-8-10-3-2-6-21-10/h1-7,17-18H,8-9H2. The van der Waals surface area contributed by atoms with E-state index in [4.69, 9.17) is 4.42 Å². The Morgan fingerprint density at radius 2 is 2.05 bits per heavy atom. The zero-order chi connectivity index (χ0) is 15.5. The molecule has 1 aliphatic carbocycles. The molecule has 0 radical (unpaired) electrons. The lowest BCUT2D eigenvalue weighted by molar-refractivity contribution is 0.0976. The summed E-state index contributed by atoms with van der Waals surface area (Å²) in [5.74, 6) is 1.13. The SMILES string of the molecule is O=C1C=C(NCSCc2ccco2)C(=O)c2c(O)cccc21. The number of fused-ring (bicyclic) bond motifs is 1. The summed E-state index contributed by atoms with van der Waals surface area (Å²) in [5.41, 5.74) is 0.498. The monoisotopic (exact) mass is 315 g/mol. The number of nitrogens with one attached hydrogen (secondary N) is 1. The average molecular weight is 315 g/mol. The number of allylic oxidation sites excluding steroid dienone is 2. The number of Topliss-reactive ketones (excluding diaryl/α,β-unsaturated/α-hetero) is 1. The molecule has 1 aromatic heterocycles. The molecular formula is C16H13NO4S. The van der Waals surface area contributed by atoms with Gasteiger partial charge in [0.15, 0.2) is 5.78 Å². The van der Waals surface area contributed by atoms with Gasteiger partial charge >= 0.3 is 0 Å². The van der Waals surface area contributed by atoms with Crippen molar-refractivity contribution in [2.24, 2.45) is 0 Å². The van der Waals surface area contributed by atoms with Gasteiger partial charge in [0.2, 0.25) is 5.78 Å². The number of hydrogen-bond donors (Lipinski definition) is 2. The second-order valence-corrected chi connectivity index (χ2v) is 5.69.